The van der Waals surface area contributed by atoms with Crippen LogP contribution in [0.3, 0.4) is 0 Å². The van der Waals surface area contributed by atoms with Gasteiger partial charge in [0, 0.05) is 38.4 Å². The summed E-state index contributed by atoms with van der Waals surface area (Å²) in [5, 5.41) is 3.99. The van der Waals surface area contributed by atoms with E-state index >= 15 is 0 Å². The van der Waals surface area contributed by atoms with Crippen LogP contribution < -0.4 is 0 Å². The standard InChI is InChI=1S/C15H25N3O3S/c1-4-21-14-9-13(15(14)7-5-6-8-15)18(3)22(19,20)12-10-16-17(2)11-12/h10-11,13-14H,4-9H2,1-3H3/t13-,14+/m0/s1. The van der Waals surface area contributed by atoms with E-state index in [1.807, 2.05) is 6.92 Å². The lowest BCUT2D eigenvalue weighted by Gasteiger charge is -2.56. The number of aryl methyl sites for hydroxylation is 1. The second-order valence-electron chi connectivity index (χ2n) is 6.51. The molecule has 0 radical (unpaired) electrons. The fraction of sp³-hybridized carbons (Fsp3) is 0.800. The molecule has 0 aliphatic heterocycles. The minimum absolute atomic E-state index is 0.0139. The SMILES string of the molecule is CCO[C@@H]1C[C@H](N(C)S(=O)(=O)c2cnn(C)c2)C12CCCC2. The average molecular weight is 327 g/mol. The third-order valence-corrected chi connectivity index (χ3v) is 7.26. The Morgan fingerprint density at radius 2 is 2.14 bits per heavy atom. The maximum Gasteiger partial charge on any atom is 0.246 e. The first-order chi connectivity index (χ1) is 10.4. The smallest absolute Gasteiger partial charge is 0.246 e. The summed E-state index contributed by atoms with van der Waals surface area (Å²) in [6.45, 7) is 2.70. The first kappa shape index (κ1) is 16.0. The molecule has 2 aliphatic carbocycles. The van der Waals surface area contributed by atoms with Gasteiger partial charge in [-0.3, -0.25) is 4.68 Å². The molecular weight excluding hydrogens is 302 g/mol. The summed E-state index contributed by atoms with van der Waals surface area (Å²) in [5.41, 5.74) is 0.0139. The van der Waals surface area contributed by atoms with Gasteiger partial charge in [-0.25, -0.2) is 8.42 Å². The lowest BCUT2D eigenvalue weighted by atomic mass is 9.60. The molecule has 0 bridgehead atoms. The van der Waals surface area contributed by atoms with Crippen LogP contribution in [0.2, 0.25) is 0 Å². The summed E-state index contributed by atoms with van der Waals surface area (Å²) >= 11 is 0. The third kappa shape index (κ3) is 2.30. The summed E-state index contributed by atoms with van der Waals surface area (Å²) in [7, 11) is -0.0539. The maximum absolute atomic E-state index is 12.8. The van der Waals surface area contributed by atoms with Crippen molar-refractivity contribution < 1.29 is 13.2 Å². The Kier molecular flexibility index (Phi) is 4.07. The van der Waals surface area contributed by atoms with E-state index in [0.717, 1.165) is 19.3 Å². The second-order valence-corrected chi connectivity index (χ2v) is 8.50. The fourth-order valence-corrected chi connectivity index (χ4v) is 5.66. The summed E-state index contributed by atoms with van der Waals surface area (Å²) in [4.78, 5) is 0.269. The van der Waals surface area contributed by atoms with Gasteiger partial charge < -0.3 is 4.74 Å². The van der Waals surface area contributed by atoms with E-state index in [9.17, 15) is 8.42 Å². The van der Waals surface area contributed by atoms with Crippen molar-refractivity contribution in [1.29, 1.82) is 0 Å². The topological polar surface area (TPSA) is 64.4 Å². The summed E-state index contributed by atoms with van der Waals surface area (Å²) in [5.74, 6) is 0. The van der Waals surface area contributed by atoms with Crippen molar-refractivity contribution in [2.24, 2.45) is 12.5 Å². The highest BCUT2D eigenvalue weighted by atomic mass is 32.2. The van der Waals surface area contributed by atoms with Crippen molar-refractivity contribution in [3.63, 3.8) is 0 Å². The Morgan fingerprint density at radius 1 is 1.45 bits per heavy atom. The Morgan fingerprint density at radius 3 is 2.68 bits per heavy atom. The summed E-state index contributed by atoms with van der Waals surface area (Å²) in [6, 6.07) is 0.0387. The molecule has 0 N–H and O–H groups in total. The van der Waals surface area contributed by atoms with Gasteiger partial charge in [0.2, 0.25) is 10.0 Å². The normalized spacial score (nSPS) is 27.5. The molecular formula is C15H25N3O3S. The molecule has 2 atom stereocenters. The molecule has 0 aromatic carbocycles. The Bertz CT molecular complexity index is 634. The predicted molar refractivity (Wildman–Crippen MR) is 82.9 cm³/mol. The van der Waals surface area contributed by atoms with Crippen molar-refractivity contribution >= 4 is 10.0 Å². The zero-order valence-corrected chi connectivity index (χ0v) is 14.3. The van der Waals surface area contributed by atoms with Crippen LogP contribution in [0.25, 0.3) is 0 Å². The Hall–Kier alpha value is -0.920. The summed E-state index contributed by atoms with van der Waals surface area (Å²) in [6.07, 6.45) is 8.45. The third-order valence-electron chi connectivity index (χ3n) is 5.44. The minimum Gasteiger partial charge on any atom is -0.378 e. The molecule has 2 aliphatic rings. The van der Waals surface area contributed by atoms with E-state index in [2.05, 4.69) is 5.10 Å². The van der Waals surface area contributed by atoms with Gasteiger partial charge in [-0.1, -0.05) is 12.8 Å². The van der Waals surface area contributed by atoms with E-state index in [1.165, 1.54) is 23.7 Å². The van der Waals surface area contributed by atoms with Crippen LogP contribution >= 0.6 is 0 Å². The Labute approximate surface area is 132 Å². The van der Waals surface area contributed by atoms with Crippen molar-refractivity contribution in [1.82, 2.24) is 14.1 Å². The molecule has 1 heterocycles. The van der Waals surface area contributed by atoms with Crippen LogP contribution in [0, 0.1) is 5.41 Å². The lowest BCUT2D eigenvalue weighted by Crippen LogP contribution is -2.63. The Balaban J connectivity index is 1.84. The molecule has 0 unspecified atom stereocenters. The second kappa shape index (κ2) is 5.62. The van der Waals surface area contributed by atoms with Gasteiger partial charge in [0.25, 0.3) is 0 Å². The number of ether oxygens (including phenoxy) is 1. The summed E-state index contributed by atoms with van der Waals surface area (Å²) < 4.78 is 34.6. The number of hydrogen-bond acceptors (Lipinski definition) is 4. The number of aromatic nitrogens is 2. The van der Waals surface area contributed by atoms with Gasteiger partial charge >= 0.3 is 0 Å². The van der Waals surface area contributed by atoms with Crippen molar-refractivity contribution in [2.45, 2.75) is 56.1 Å². The number of nitrogens with zero attached hydrogens (tertiary/aromatic N) is 3. The minimum atomic E-state index is -3.49. The zero-order valence-electron chi connectivity index (χ0n) is 13.5. The molecule has 6 nitrogen and oxygen atoms in total. The van der Waals surface area contributed by atoms with Crippen molar-refractivity contribution in [3.05, 3.63) is 12.4 Å². The molecule has 0 saturated heterocycles. The van der Waals surface area contributed by atoms with Crippen LogP contribution in [0.5, 0.6) is 0 Å². The quantitative estimate of drug-likeness (QED) is 0.827. The lowest BCUT2D eigenvalue weighted by molar-refractivity contribution is -0.145. The van der Waals surface area contributed by atoms with Gasteiger partial charge in [0.15, 0.2) is 0 Å². The largest absolute Gasteiger partial charge is 0.378 e. The van der Waals surface area contributed by atoms with E-state index in [0.29, 0.717) is 6.61 Å². The van der Waals surface area contributed by atoms with Gasteiger partial charge in [0.05, 0.1) is 12.3 Å². The van der Waals surface area contributed by atoms with E-state index in [4.69, 9.17) is 4.74 Å². The van der Waals surface area contributed by atoms with E-state index in [-0.39, 0.29) is 22.5 Å². The van der Waals surface area contributed by atoms with Gasteiger partial charge in [-0.05, 0) is 26.2 Å². The predicted octanol–water partition coefficient (Wildman–Crippen LogP) is 1.78. The molecule has 22 heavy (non-hydrogen) atoms. The van der Waals surface area contributed by atoms with Crippen LogP contribution in [-0.4, -0.2) is 48.3 Å². The molecule has 124 valence electrons. The molecule has 1 aromatic heterocycles. The van der Waals surface area contributed by atoms with Gasteiger partial charge in [0.1, 0.15) is 4.90 Å². The van der Waals surface area contributed by atoms with Crippen LogP contribution in [0.15, 0.2) is 17.3 Å². The molecule has 7 heteroatoms. The average Bonchev–Trinajstić information content (AvgIpc) is 3.12. The molecule has 1 spiro atoms. The van der Waals surface area contributed by atoms with Crippen molar-refractivity contribution in [2.75, 3.05) is 13.7 Å². The van der Waals surface area contributed by atoms with Crippen molar-refractivity contribution in [3.8, 4) is 0 Å². The molecule has 3 rings (SSSR count). The molecule has 0 amide bonds. The number of sulfonamides is 1. The van der Waals surface area contributed by atoms with Crippen LogP contribution in [-0.2, 0) is 21.8 Å². The molecule has 2 saturated carbocycles. The number of hydrogen-bond donors (Lipinski definition) is 0. The number of rotatable bonds is 5. The van der Waals surface area contributed by atoms with Gasteiger partial charge in [-0.15, -0.1) is 0 Å². The highest BCUT2D eigenvalue weighted by molar-refractivity contribution is 7.89. The van der Waals surface area contributed by atoms with Crippen LogP contribution in [0.1, 0.15) is 39.0 Å². The monoisotopic (exact) mass is 327 g/mol. The fourth-order valence-electron chi connectivity index (χ4n) is 4.23. The maximum atomic E-state index is 12.8. The van der Waals surface area contributed by atoms with Crippen LogP contribution in [0.4, 0.5) is 0 Å². The van der Waals surface area contributed by atoms with E-state index in [1.54, 1.807) is 24.6 Å². The van der Waals surface area contributed by atoms with E-state index < -0.39 is 10.0 Å². The zero-order chi connectivity index (χ0) is 16.0. The molecule has 2 fully saturated rings. The first-order valence-electron chi connectivity index (χ1n) is 8.00. The highest BCUT2D eigenvalue weighted by Crippen LogP contribution is 2.57. The molecule has 1 aromatic rings. The first-order valence-corrected chi connectivity index (χ1v) is 9.44. The highest BCUT2D eigenvalue weighted by Gasteiger charge is 2.59. The van der Waals surface area contributed by atoms with Gasteiger partial charge in [-0.2, -0.15) is 9.40 Å².